The van der Waals surface area contributed by atoms with Crippen LogP contribution in [-0.4, -0.2) is 6.04 Å². The Kier molecular flexibility index (Phi) is 5.50. The zero-order valence-corrected chi connectivity index (χ0v) is 12.0. The number of hydrogen-bond donors (Lipinski definition) is 1. The van der Waals surface area contributed by atoms with Crippen LogP contribution in [0.5, 0.6) is 0 Å². The summed E-state index contributed by atoms with van der Waals surface area (Å²) in [6.07, 6.45) is 2.55. The van der Waals surface area contributed by atoms with Crippen LogP contribution in [0.25, 0.3) is 0 Å². The number of nitrogens with one attached hydrogen (secondary N) is 1. The molecule has 0 amide bonds. The summed E-state index contributed by atoms with van der Waals surface area (Å²) in [5.41, 5.74) is 0. The Balaban J connectivity index is 2.42. The highest BCUT2D eigenvalue weighted by molar-refractivity contribution is 7.12. The van der Waals surface area contributed by atoms with Gasteiger partial charge in [0.05, 0.1) is 0 Å². The van der Waals surface area contributed by atoms with Crippen LogP contribution in [0.3, 0.4) is 0 Å². The van der Waals surface area contributed by atoms with Crippen molar-refractivity contribution in [2.45, 2.75) is 59.5 Å². The lowest BCUT2D eigenvalue weighted by Gasteiger charge is -2.21. The van der Waals surface area contributed by atoms with E-state index in [4.69, 9.17) is 0 Å². The molecule has 1 nitrogen and oxygen atoms in total. The highest BCUT2D eigenvalue weighted by Gasteiger charge is 2.12. The van der Waals surface area contributed by atoms with Crippen LogP contribution in [0.15, 0.2) is 12.1 Å². The molecule has 1 aromatic rings. The minimum atomic E-state index is 0.484. The van der Waals surface area contributed by atoms with Gasteiger partial charge in [-0.3, -0.25) is 0 Å². The molecule has 1 heterocycles. The van der Waals surface area contributed by atoms with Gasteiger partial charge in [-0.05, 0) is 45.2 Å². The largest absolute Gasteiger partial charge is 0.307 e. The van der Waals surface area contributed by atoms with Crippen molar-refractivity contribution in [2.75, 3.05) is 0 Å². The molecular formula is C14H25NS. The molecule has 2 heteroatoms. The number of rotatable bonds is 6. The third-order valence-corrected chi connectivity index (χ3v) is 4.36. The first-order valence-corrected chi connectivity index (χ1v) is 7.17. The smallest absolute Gasteiger partial charge is 0.0388 e. The van der Waals surface area contributed by atoms with Crippen molar-refractivity contribution in [1.29, 1.82) is 0 Å². The fourth-order valence-electron chi connectivity index (χ4n) is 2.03. The fraction of sp³-hybridized carbons (Fsp3) is 0.714. The first-order valence-electron chi connectivity index (χ1n) is 6.35. The Hall–Kier alpha value is -0.340. The number of thiophene rings is 1. The van der Waals surface area contributed by atoms with Crippen molar-refractivity contribution in [3.63, 3.8) is 0 Å². The number of hydrogen-bond acceptors (Lipinski definition) is 2. The van der Waals surface area contributed by atoms with Gasteiger partial charge >= 0.3 is 0 Å². The van der Waals surface area contributed by atoms with Gasteiger partial charge in [0, 0.05) is 21.8 Å². The molecule has 0 fully saturated rings. The lowest BCUT2D eigenvalue weighted by atomic mass is 10.00. The van der Waals surface area contributed by atoms with Crippen molar-refractivity contribution in [1.82, 2.24) is 5.32 Å². The van der Waals surface area contributed by atoms with Gasteiger partial charge in [0.1, 0.15) is 0 Å². The Morgan fingerprint density at radius 3 is 2.44 bits per heavy atom. The van der Waals surface area contributed by atoms with Crippen LogP contribution >= 0.6 is 11.3 Å². The van der Waals surface area contributed by atoms with Gasteiger partial charge in [-0.25, -0.2) is 0 Å². The highest BCUT2D eigenvalue weighted by atomic mass is 32.1. The van der Waals surface area contributed by atoms with E-state index in [1.807, 2.05) is 11.3 Å². The molecular weight excluding hydrogens is 214 g/mol. The van der Waals surface area contributed by atoms with E-state index in [2.05, 4.69) is 52.1 Å². The van der Waals surface area contributed by atoms with E-state index in [-0.39, 0.29) is 0 Å². The lowest BCUT2D eigenvalue weighted by molar-refractivity contribution is 0.387. The SMILES string of the molecule is CCC(C)CC(C)NC(C)c1ccc(C)s1. The van der Waals surface area contributed by atoms with Crippen LogP contribution in [0, 0.1) is 12.8 Å². The van der Waals surface area contributed by atoms with Gasteiger partial charge in [0.25, 0.3) is 0 Å². The van der Waals surface area contributed by atoms with Gasteiger partial charge in [0.15, 0.2) is 0 Å². The summed E-state index contributed by atoms with van der Waals surface area (Å²) in [5, 5.41) is 3.69. The van der Waals surface area contributed by atoms with Crippen LogP contribution in [0.4, 0.5) is 0 Å². The Bertz CT molecular complexity index is 305. The van der Waals surface area contributed by atoms with Crippen molar-refractivity contribution >= 4 is 11.3 Å². The average molecular weight is 239 g/mol. The maximum absolute atomic E-state index is 3.69. The van der Waals surface area contributed by atoms with E-state index < -0.39 is 0 Å². The highest BCUT2D eigenvalue weighted by Crippen LogP contribution is 2.23. The zero-order chi connectivity index (χ0) is 12.1. The molecule has 0 bridgehead atoms. The third kappa shape index (κ3) is 4.26. The Morgan fingerprint density at radius 2 is 1.94 bits per heavy atom. The Morgan fingerprint density at radius 1 is 1.25 bits per heavy atom. The first-order chi connectivity index (χ1) is 7.52. The van der Waals surface area contributed by atoms with E-state index in [0.717, 1.165) is 5.92 Å². The second-order valence-corrected chi connectivity index (χ2v) is 6.31. The van der Waals surface area contributed by atoms with E-state index in [1.165, 1.54) is 22.6 Å². The molecule has 1 rings (SSSR count). The lowest BCUT2D eigenvalue weighted by Crippen LogP contribution is -2.29. The molecule has 92 valence electrons. The van der Waals surface area contributed by atoms with Gasteiger partial charge in [-0.2, -0.15) is 0 Å². The zero-order valence-electron chi connectivity index (χ0n) is 11.2. The van der Waals surface area contributed by atoms with Gasteiger partial charge in [0.2, 0.25) is 0 Å². The topological polar surface area (TPSA) is 12.0 Å². The van der Waals surface area contributed by atoms with Crippen molar-refractivity contribution in [2.24, 2.45) is 5.92 Å². The average Bonchev–Trinajstić information content (AvgIpc) is 2.64. The van der Waals surface area contributed by atoms with Gasteiger partial charge in [-0.15, -0.1) is 11.3 Å². The monoisotopic (exact) mass is 239 g/mol. The molecule has 0 aromatic carbocycles. The molecule has 0 aliphatic carbocycles. The molecule has 0 aliphatic rings. The number of aryl methyl sites for hydroxylation is 1. The van der Waals surface area contributed by atoms with Gasteiger partial charge < -0.3 is 5.32 Å². The summed E-state index contributed by atoms with van der Waals surface area (Å²) in [6.45, 7) is 11.3. The van der Waals surface area contributed by atoms with E-state index in [0.29, 0.717) is 12.1 Å². The predicted molar refractivity (Wildman–Crippen MR) is 74.1 cm³/mol. The summed E-state index contributed by atoms with van der Waals surface area (Å²) in [6, 6.07) is 5.54. The fourth-order valence-corrected chi connectivity index (χ4v) is 2.92. The first kappa shape index (κ1) is 13.7. The quantitative estimate of drug-likeness (QED) is 0.769. The van der Waals surface area contributed by atoms with Crippen molar-refractivity contribution in [3.8, 4) is 0 Å². The molecule has 0 aliphatic heterocycles. The second-order valence-electron chi connectivity index (χ2n) is 4.99. The molecule has 1 N–H and O–H groups in total. The minimum absolute atomic E-state index is 0.484. The van der Waals surface area contributed by atoms with E-state index in [9.17, 15) is 0 Å². The molecule has 0 spiro atoms. The molecule has 0 radical (unpaired) electrons. The van der Waals surface area contributed by atoms with E-state index >= 15 is 0 Å². The standard InChI is InChI=1S/C14H25NS/c1-6-10(2)9-11(3)15-13(5)14-8-7-12(4)16-14/h7-8,10-11,13,15H,6,9H2,1-5H3. The van der Waals surface area contributed by atoms with Crippen molar-refractivity contribution in [3.05, 3.63) is 21.9 Å². The molecule has 0 saturated carbocycles. The summed E-state index contributed by atoms with van der Waals surface area (Å²) in [7, 11) is 0. The summed E-state index contributed by atoms with van der Waals surface area (Å²) < 4.78 is 0. The van der Waals surface area contributed by atoms with Crippen LogP contribution in [0.2, 0.25) is 0 Å². The van der Waals surface area contributed by atoms with Crippen molar-refractivity contribution < 1.29 is 0 Å². The Labute approximate surface area is 104 Å². The molecule has 0 saturated heterocycles. The molecule has 16 heavy (non-hydrogen) atoms. The second kappa shape index (κ2) is 6.41. The summed E-state index contributed by atoms with van der Waals surface area (Å²) >= 11 is 1.90. The minimum Gasteiger partial charge on any atom is -0.307 e. The van der Waals surface area contributed by atoms with Crippen LogP contribution in [-0.2, 0) is 0 Å². The normalized spacial score (nSPS) is 17.1. The molecule has 3 unspecified atom stereocenters. The maximum Gasteiger partial charge on any atom is 0.0388 e. The predicted octanol–water partition coefficient (Wildman–Crippen LogP) is 4.53. The molecule has 1 aromatic heterocycles. The summed E-state index contributed by atoms with van der Waals surface area (Å²) in [5.74, 6) is 0.819. The maximum atomic E-state index is 3.69. The third-order valence-electron chi connectivity index (χ3n) is 3.18. The summed E-state index contributed by atoms with van der Waals surface area (Å²) in [4.78, 5) is 2.85. The van der Waals surface area contributed by atoms with Gasteiger partial charge in [-0.1, -0.05) is 20.3 Å². The molecule has 3 atom stereocenters. The van der Waals surface area contributed by atoms with E-state index in [1.54, 1.807) is 0 Å². The van der Waals surface area contributed by atoms with Crippen LogP contribution in [0.1, 0.15) is 56.3 Å². The van der Waals surface area contributed by atoms with Crippen LogP contribution < -0.4 is 5.32 Å².